The third kappa shape index (κ3) is 4.84. The summed E-state index contributed by atoms with van der Waals surface area (Å²) < 4.78 is 0. The van der Waals surface area contributed by atoms with Gasteiger partial charge in [-0.25, -0.2) is 0 Å². The van der Waals surface area contributed by atoms with Gasteiger partial charge in [-0.15, -0.1) is 0 Å². The lowest BCUT2D eigenvalue weighted by molar-refractivity contribution is 0.315. The van der Waals surface area contributed by atoms with Gasteiger partial charge in [-0.2, -0.15) is 0 Å². The zero-order chi connectivity index (χ0) is 19.5. The van der Waals surface area contributed by atoms with Gasteiger partial charge in [-0.3, -0.25) is 0 Å². The van der Waals surface area contributed by atoms with E-state index in [0.717, 1.165) is 12.0 Å². The van der Waals surface area contributed by atoms with E-state index in [4.69, 9.17) is 5.41 Å². The molecule has 0 aromatic heterocycles. The van der Waals surface area contributed by atoms with E-state index in [1.54, 1.807) is 0 Å². The Morgan fingerprint density at radius 2 is 1.58 bits per heavy atom. The van der Waals surface area contributed by atoms with Crippen LogP contribution in [0.15, 0.2) is 36.4 Å². The van der Waals surface area contributed by atoms with Crippen LogP contribution in [0, 0.1) is 17.7 Å². The highest BCUT2D eigenvalue weighted by molar-refractivity contribution is 5.82. The molecular weight excluding hydrogens is 314 g/mol. The second-order valence-electron chi connectivity index (χ2n) is 9.39. The van der Waals surface area contributed by atoms with Crippen molar-refractivity contribution in [3.05, 3.63) is 58.7 Å². The first-order valence-corrected chi connectivity index (χ1v) is 9.82. The van der Waals surface area contributed by atoms with Crippen LogP contribution in [0.25, 0.3) is 11.1 Å². The third-order valence-electron chi connectivity index (χ3n) is 5.48. The Morgan fingerprint density at radius 1 is 0.885 bits per heavy atom. The Hall–Kier alpha value is -1.89. The summed E-state index contributed by atoms with van der Waals surface area (Å²) in [5.41, 5.74) is 8.17. The molecule has 1 N–H and O–H groups in total. The molecule has 2 rings (SSSR count). The summed E-state index contributed by atoms with van der Waals surface area (Å²) in [6.07, 6.45) is 4.86. The molecule has 0 radical (unpaired) electrons. The van der Waals surface area contributed by atoms with Gasteiger partial charge in [0, 0.05) is 6.21 Å². The molecule has 1 heteroatoms. The standard InChI is InChI=1S/C25H35N/c1-8-20-10-9-19(17-26)16-23(20)22-12-11-21(15-18(22)2)25(6,7)14-13-24(3,4)5/h9-12,15-17,26H,8,13-14H2,1-7H3. The molecule has 0 atom stereocenters. The Balaban J connectivity index is 2.40. The first-order chi connectivity index (χ1) is 12.1. The van der Waals surface area contributed by atoms with Crippen LogP contribution in [0.1, 0.15) is 76.6 Å². The molecule has 0 fully saturated rings. The summed E-state index contributed by atoms with van der Waals surface area (Å²) in [6.45, 7) is 16.1. The van der Waals surface area contributed by atoms with E-state index < -0.39 is 0 Å². The summed E-state index contributed by atoms with van der Waals surface area (Å²) in [5.74, 6) is 0. The predicted octanol–water partition coefficient (Wildman–Crippen LogP) is 7.33. The van der Waals surface area contributed by atoms with Crippen LogP contribution in [-0.2, 0) is 11.8 Å². The topological polar surface area (TPSA) is 23.9 Å². The van der Waals surface area contributed by atoms with Crippen LogP contribution in [-0.4, -0.2) is 6.21 Å². The Morgan fingerprint density at radius 3 is 2.12 bits per heavy atom. The summed E-state index contributed by atoms with van der Waals surface area (Å²) in [5, 5.41) is 7.57. The van der Waals surface area contributed by atoms with Crippen LogP contribution in [0.4, 0.5) is 0 Å². The average molecular weight is 350 g/mol. The van der Waals surface area contributed by atoms with Crippen molar-refractivity contribution in [2.45, 2.75) is 73.1 Å². The van der Waals surface area contributed by atoms with E-state index >= 15 is 0 Å². The molecule has 0 bridgehead atoms. The van der Waals surface area contributed by atoms with E-state index in [0.29, 0.717) is 5.41 Å². The third-order valence-corrected chi connectivity index (χ3v) is 5.48. The molecule has 140 valence electrons. The summed E-state index contributed by atoms with van der Waals surface area (Å²) in [6, 6.07) is 13.3. The van der Waals surface area contributed by atoms with Crippen molar-refractivity contribution in [1.82, 2.24) is 0 Å². The van der Waals surface area contributed by atoms with Crippen LogP contribution < -0.4 is 0 Å². The molecule has 0 heterocycles. The largest absolute Gasteiger partial charge is 0.308 e. The van der Waals surface area contributed by atoms with Crippen LogP contribution in [0.2, 0.25) is 0 Å². The fraction of sp³-hybridized carbons (Fsp3) is 0.480. The van der Waals surface area contributed by atoms with Gasteiger partial charge in [-0.1, -0.05) is 71.9 Å². The molecule has 0 saturated heterocycles. The normalized spacial score (nSPS) is 12.3. The van der Waals surface area contributed by atoms with Crippen molar-refractivity contribution in [3.63, 3.8) is 0 Å². The summed E-state index contributed by atoms with van der Waals surface area (Å²) in [4.78, 5) is 0. The molecule has 2 aromatic carbocycles. The van der Waals surface area contributed by atoms with Gasteiger partial charge >= 0.3 is 0 Å². The van der Waals surface area contributed by atoms with Gasteiger partial charge in [0.2, 0.25) is 0 Å². The van der Waals surface area contributed by atoms with E-state index in [9.17, 15) is 0 Å². The molecule has 1 nitrogen and oxygen atoms in total. The number of nitrogens with one attached hydrogen (secondary N) is 1. The average Bonchev–Trinajstić information content (AvgIpc) is 2.59. The molecule has 2 aromatic rings. The smallest absolute Gasteiger partial charge is 0.0250 e. The minimum Gasteiger partial charge on any atom is -0.308 e. The van der Waals surface area contributed by atoms with Crippen LogP contribution in [0.5, 0.6) is 0 Å². The van der Waals surface area contributed by atoms with Gasteiger partial charge in [-0.05, 0) is 76.5 Å². The van der Waals surface area contributed by atoms with E-state index in [1.165, 1.54) is 46.9 Å². The highest BCUT2D eigenvalue weighted by Crippen LogP contribution is 2.36. The summed E-state index contributed by atoms with van der Waals surface area (Å²) in [7, 11) is 0. The first kappa shape index (κ1) is 20.4. The number of hydrogen-bond donors (Lipinski definition) is 1. The molecule has 26 heavy (non-hydrogen) atoms. The van der Waals surface area contributed by atoms with Gasteiger partial charge in [0.25, 0.3) is 0 Å². The molecule has 0 aliphatic heterocycles. The fourth-order valence-electron chi connectivity index (χ4n) is 3.46. The van der Waals surface area contributed by atoms with Gasteiger partial charge < -0.3 is 5.41 Å². The van der Waals surface area contributed by atoms with Crippen LogP contribution >= 0.6 is 0 Å². The van der Waals surface area contributed by atoms with Crippen molar-refractivity contribution >= 4 is 6.21 Å². The van der Waals surface area contributed by atoms with Crippen molar-refractivity contribution in [3.8, 4) is 11.1 Å². The molecule has 0 aliphatic carbocycles. The molecule has 0 amide bonds. The maximum atomic E-state index is 7.57. The molecule has 0 unspecified atom stereocenters. The Kier molecular flexibility index (Phi) is 6.11. The zero-order valence-electron chi connectivity index (χ0n) is 17.7. The molecule has 0 saturated carbocycles. The highest BCUT2D eigenvalue weighted by Gasteiger charge is 2.24. The Labute approximate surface area is 160 Å². The second-order valence-corrected chi connectivity index (χ2v) is 9.39. The van der Waals surface area contributed by atoms with Gasteiger partial charge in [0.15, 0.2) is 0 Å². The second kappa shape index (κ2) is 7.78. The number of benzene rings is 2. The lowest BCUT2D eigenvalue weighted by atomic mass is 9.75. The van der Waals surface area contributed by atoms with Crippen molar-refractivity contribution in [1.29, 1.82) is 5.41 Å². The minimum atomic E-state index is 0.182. The number of hydrogen-bond acceptors (Lipinski definition) is 1. The van der Waals surface area contributed by atoms with Crippen LogP contribution in [0.3, 0.4) is 0 Å². The number of aryl methyl sites for hydroxylation is 2. The molecule has 0 aliphatic rings. The zero-order valence-corrected chi connectivity index (χ0v) is 17.7. The van der Waals surface area contributed by atoms with E-state index in [-0.39, 0.29) is 5.41 Å². The highest BCUT2D eigenvalue weighted by atomic mass is 14.3. The maximum absolute atomic E-state index is 7.57. The van der Waals surface area contributed by atoms with Crippen molar-refractivity contribution in [2.75, 3.05) is 0 Å². The first-order valence-electron chi connectivity index (χ1n) is 9.82. The van der Waals surface area contributed by atoms with Crippen molar-refractivity contribution < 1.29 is 0 Å². The summed E-state index contributed by atoms with van der Waals surface area (Å²) >= 11 is 0. The van der Waals surface area contributed by atoms with Gasteiger partial charge in [0.1, 0.15) is 0 Å². The molecule has 0 spiro atoms. The minimum absolute atomic E-state index is 0.182. The van der Waals surface area contributed by atoms with Crippen molar-refractivity contribution in [2.24, 2.45) is 5.41 Å². The predicted molar refractivity (Wildman–Crippen MR) is 116 cm³/mol. The fourth-order valence-corrected chi connectivity index (χ4v) is 3.46. The van der Waals surface area contributed by atoms with Gasteiger partial charge in [0.05, 0.1) is 0 Å². The monoisotopic (exact) mass is 349 g/mol. The number of rotatable bonds is 6. The van der Waals surface area contributed by atoms with E-state index in [1.807, 2.05) is 6.07 Å². The quantitative estimate of drug-likeness (QED) is 0.528. The van der Waals surface area contributed by atoms with E-state index in [2.05, 4.69) is 78.8 Å². The lowest BCUT2D eigenvalue weighted by Crippen LogP contribution is -2.20. The molecular formula is C25H35N. The Bertz CT molecular complexity index is 775. The maximum Gasteiger partial charge on any atom is 0.0250 e. The SMILES string of the molecule is CCc1ccc(C=N)cc1-c1ccc(C(C)(C)CCC(C)(C)C)cc1C. The lowest BCUT2D eigenvalue weighted by Gasteiger charge is -2.30.